The van der Waals surface area contributed by atoms with Crippen molar-refractivity contribution in [3.63, 3.8) is 0 Å². The van der Waals surface area contributed by atoms with Crippen LogP contribution >= 0.6 is 0 Å². The molecule has 12 heteroatoms. The maximum Gasteiger partial charge on any atom is 0.586 e. The number of rotatable bonds is 7. The molecule has 1 aliphatic carbocycles. The van der Waals surface area contributed by atoms with E-state index in [1.807, 2.05) is 0 Å². The molecule has 0 atom stereocenters. The van der Waals surface area contributed by atoms with Gasteiger partial charge in [0.15, 0.2) is 17.1 Å². The van der Waals surface area contributed by atoms with Crippen LogP contribution in [0.15, 0.2) is 51.7 Å². The topological polar surface area (TPSA) is 96.0 Å². The number of nitrogens with zero attached hydrogens (tertiary/aromatic N) is 3. The summed E-state index contributed by atoms with van der Waals surface area (Å²) < 4.78 is 62.6. The van der Waals surface area contributed by atoms with E-state index in [-0.39, 0.29) is 52.1 Å². The molecule has 2 aliphatic rings. The van der Waals surface area contributed by atoms with Gasteiger partial charge in [0.05, 0.1) is 12.5 Å². The molecular formula is C28H24F3N3O6. The molecule has 0 spiro atoms. The third kappa shape index (κ3) is 4.52. The number of carbonyl (C=O) groups excluding carboxylic acids is 1. The molecule has 3 heterocycles. The molecule has 2 aromatic carbocycles. The summed E-state index contributed by atoms with van der Waals surface area (Å²) in [6.07, 6.45) is -0.892. The zero-order valence-corrected chi connectivity index (χ0v) is 21.6. The van der Waals surface area contributed by atoms with Gasteiger partial charge < -0.3 is 23.5 Å². The third-order valence-electron chi connectivity index (χ3n) is 7.14. The van der Waals surface area contributed by atoms with Crippen molar-refractivity contribution in [2.24, 2.45) is 0 Å². The Morgan fingerprint density at radius 2 is 1.93 bits per heavy atom. The predicted octanol–water partition coefficient (Wildman–Crippen LogP) is 5.45. The van der Waals surface area contributed by atoms with Gasteiger partial charge in [-0.3, -0.25) is 9.59 Å². The maximum atomic E-state index is 14.4. The van der Waals surface area contributed by atoms with Crippen molar-refractivity contribution in [3.8, 4) is 28.5 Å². The lowest BCUT2D eigenvalue weighted by Crippen LogP contribution is -2.37. The Labute approximate surface area is 225 Å². The van der Waals surface area contributed by atoms with E-state index in [1.54, 1.807) is 19.1 Å². The molecule has 0 saturated heterocycles. The first-order valence-electron chi connectivity index (χ1n) is 12.8. The Hall–Kier alpha value is -4.48. The van der Waals surface area contributed by atoms with E-state index in [0.29, 0.717) is 11.3 Å². The van der Waals surface area contributed by atoms with E-state index in [9.17, 15) is 22.8 Å². The van der Waals surface area contributed by atoms with E-state index >= 15 is 0 Å². The monoisotopic (exact) mass is 555 g/mol. The Kier molecular flexibility index (Phi) is 6.20. The van der Waals surface area contributed by atoms with Gasteiger partial charge in [0.2, 0.25) is 5.91 Å². The van der Waals surface area contributed by atoms with E-state index in [2.05, 4.69) is 14.6 Å². The van der Waals surface area contributed by atoms with Crippen LogP contribution in [-0.4, -0.2) is 35.6 Å². The van der Waals surface area contributed by atoms with Gasteiger partial charge in [-0.15, -0.1) is 8.78 Å². The molecule has 0 N–H and O–H groups in total. The minimum absolute atomic E-state index is 0.155. The number of hydrogen-bond acceptors (Lipinski definition) is 7. The molecule has 4 aromatic rings. The van der Waals surface area contributed by atoms with Crippen molar-refractivity contribution in [3.05, 3.63) is 64.4 Å². The quantitative estimate of drug-likeness (QED) is 0.299. The molecule has 1 amide bonds. The molecule has 0 unspecified atom stereocenters. The highest BCUT2D eigenvalue weighted by Gasteiger charge is 2.43. The molecule has 40 heavy (non-hydrogen) atoms. The highest BCUT2D eigenvalue weighted by Crippen LogP contribution is 2.43. The summed E-state index contributed by atoms with van der Waals surface area (Å²) in [4.78, 5) is 28.2. The average molecular weight is 556 g/mol. The van der Waals surface area contributed by atoms with Crippen LogP contribution in [0, 0.1) is 5.82 Å². The lowest BCUT2D eigenvalue weighted by Gasteiger charge is -2.22. The Morgan fingerprint density at radius 1 is 1.15 bits per heavy atom. The number of carbonyl (C=O) groups is 1. The number of fused-ring (bicyclic) bond motifs is 2. The van der Waals surface area contributed by atoms with Gasteiger partial charge in [-0.2, -0.15) is 5.10 Å². The van der Waals surface area contributed by atoms with Gasteiger partial charge in [0.25, 0.3) is 5.56 Å². The first-order chi connectivity index (χ1) is 19.2. The second-order valence-corrected chi connectivity index (χ2v) is 9.65. The van der Waals surface area contributed by atoms with Gasteiger partial charge in [-0.1, -0.05) is 6.42 Å². The van der Waals surface area contributed by atoms with Crippen LogP contribution in [-0.2, 0) is 11.3 Å². The number of benzene rings is 2. The summed E-state index contributed by atoms with van der Waals surface area (Å²) in [5, 5.41) is 4.65. The molecule has 9 nitrogen and oxygen atoms in total. The minimum atomic E-state index is -3.80. The van der Waals surface area contributed by atoms with Gasteiger partial charge in [0.1, 0.15) is 29.6 Å². The molecule has 208 valence electrons. The van der Waals surface area contributed by atoms with Crippen molar-refractivity contribution in [2.75, 3.05) is 18.6 Å². The SMILES string of the molecule is CCN(C(=O)Cn1nc(-c2cc(F)cc(OC)c2)c2oc(C3CCC3)cc2c1=O)c1ccc2c(c1)OC(F)(F)O2. The summed E-state index contributed by atoms with van der Waals surface area (Å²) in [7, 11) is 1.40. The lowest BCUT2D eigenvalue weighted by atomic mass is 9.83. The summed E-state index contributed by atoms with van der Waals surface area (Å²) >= 11 is 0. The number of anilines is 1. The van der Waals surface area contributed by atoms with Gasteiger partial charge >= 0.3 is 6.29 Å². The normalized spacial score (nSPS) is 15.7. The lowest BCUT2D eigenvalue weighted by molar-refractivity contribution is -0.286. The number of likely N-dealkylation sites (N-methyl/N-ethyl adjacent to an activating group) is 1. The van der Waals surface area contributed by atoms with Gasteiger partial charge in [-0.05, 0) is 50.1 Å². The number of amides is 1. The average Bonchev–Trinajstić information content (AvgIpc) is 3.44. The van der Waals surface area contributed by atoms with Crippen LogP contribution in [0.2, 0.25) is 0 Å². The van der Waals surface area contributed by atoms with Gasteiger partial charge in [0, 0.05) is 35.8 Å². The van der Waals surface area contributed by atoms with Crippen LogP contribution in [0.5, 0.6) is 17.2 Å². The Balaban J connectivity index is 1.40. The summed E-state index contributed by atoms with van der Waals surface area (Å²) in [6, 6.07) is 9.67. The Bertz CT molecular complexity index is 1690. The molecule has 2 aromatic heterocycles. The zero-order chi connectivity index (χ0) is 28.2. The fourth-order valence-corrected chi connectivity index (χ4v) is 4.92. The van der Waals surface area contributed by atoms with Crippen molar-refractivity contribution in [1.29, 1.82) is 0 Å². The summed E-state index contributed by atoms with van der Waals surface area (Å²) in [5.74, 6) is -0.420. The number of alkyl halides is 2. The highest BCUT2D eigenvalue weighted by molar-refractivity contribution is 5.94. The fraction of sp³-hybridized carbons (Fsp3) is 0.321. The fourth-order valence-electron chi connectivity index (χ4n) is 4.92. The molecule has 1 aliphatic heterocycles. The summed E-state index contributed by atoms with van der Waals surface area (Å²) in [6.45, 7) is 1.38. The first-order valence-corrected chi connectivity index (χ1v) is 12.8. The van der Waals surface area contributed by atoms with E-state index in [1.165, 1.54) is 42.3 Å². The maximum absolute atomic E-state index is 14.4. The molecule has 1 saturated carbocycles. The number of methoxy groups -OCH3 is 1. The van der Waals surface area contributed by atoms with E-state index < -0.39 is 30.1 Å². The molecular weight excluding hydrogens is 531 g/mol. The van der Waals surface area contributed by atoms with Crippen LogP contribution in [0.1, 0.15) is 37.9 Å². The van der Waals surface area contributed by atoms with Crippen molar-refractivity contribution < 1.29 is 36.6 Å². The number of aromatic nitrogens is 2. The first kappa shape index (κ1) is 25.8. The third-order valence-corrected chi connectivity index (χ3v) is 7.14. The predicted molar refractivity (Wildman–Crippen MR) is 137 cm³/mol. The highest BCUT2D eigenvalue weighted by atomic mass is 19.3. The summed E-state index contributed by atoms with van der Waals surface area (Å²) in [5.41, 5.74) is 0.409. The van der Waals surface area contributed by atoms with Crippen LogP contribution in [0.3, 0.4) is 0 Å². The molecule has 6 rings (SSSR count). The van der Waals surface area contributed by atoms with Crippen LogP contribution in [0.4, 0.5) is 18.9 Å². The van der Waals surface area contributed by atoms with Crippen LogP contribution in [0.25, 0.3) is 22.2 Å². The number of hydrogen-bond donors (Lipinski definition) is 0. The Morgan fingerprint density at radius 3 is 2.62 bits per heavy atom. The number of furan rings is 1. The molecule has 0 bridgehead atoms. The van der Waals surface area contributed by atoms with Crippen LogP contribution < -0.4 is 24.7 Å². The zero-order valence-electron chi connectivity index (χ0n) is 21.6. The minimum Gasteiger partial charge on any atom is -0.497 e. The largest absolute Gasteiger partial charge is 0.586 e. The van der Waals surface area contributed by atoms with Gasteiger partial charge in [-0.25, -0.2) is 9.07 Å². The van der Waals surface area contributed by atoms with Crippen molar-refractivity contribution in [1.82, 2.24) is 9.78 Å². The standard InChI is InChI=1S/C28H24F3N3O6/c1-3-33(18-7-8-21-23(12-18)40-28(30,31)39-21)24(35)14-34-27(36)20-13-22(15-5-4-6-15)38-26(20)25(32-34)16-9-17(29)11-19(10-16)37-2/h7-13,15H,3-6,14H2,1-2H3. The number of ether oxygens (including phenoxy) is 3. The molecule has 0 radical (unpaired) electrons. The molecule has 1 fully saturated rings. The van der Waals surface area contributed by atoms with Crippen molar-refractivity contribution in [2.45, 2.75) is 44.9 Å². The smallest absolute Gasteiger partial charge is 0.497 e. The van der Waals surface area contributed by atoms with E-state index in [0.717, 1.165) is 23.9 Å². The second-order valence-electron chi connectivity index (χ2n) is 9.65. The van der Waals surface area contributed by atoms with Crippen molar-refractivity contribution >= 4 is 22.6 Å². The number of halogens is 3. The van der Waals surface area contributed by atoms with E-state index in [4.69, 9.17) is 9.15 Å². The second kappa shape index (κ2) is 9.61.